The van der Waals surface area contributed by atoms with Crippen LogP contribution in [-0.2, 0) is 25.6 Å². The van der Waals surface area contributed by atoms with Gasteiger partial charge in [0.15, 0.2) is 0 Å². The molecule has 1 heterocycles. The number of hydrogen-bond donors (Lipinski definition) is 2. The van der Waals surface area contributed by atoms with Gasteiger partial charge in [-0.1, -0.05) is 19.1 Å². The molecule has 0 aliphatic carbocycles. The molecule has 1 rings (SSSR count). The zero-order valence-electron chi connectivity index (χ0n) is 17.7. The van der Waals surface area contributed by atoms with Crippen molar-refractivity contribution in [1.82, 2.24) is 20.3 Å². The van der Waals surface area contributed by atoms with Crippen LogP contribution in [0.2, 0.25) is 0 Å². The summed E-state index contributed by atoms with van der Waals surface area (Å²) in [4.78, 5) is 23.3. The molecule has 0 aliphatic heterocycles. The molecule has 0 bridgehead atoms. The van der Waals surface area contributed by atoms with Crippen LogP contribution in [0.25, 0.3) is 0 Å². The van der Waals surface area contributed by atoms with Crippen molar-refractivity contribution in [3.63, 3.8) is 0 Å². The maximum atomic E-state index is 12.1. The molecule has 0 spiro atoms. The molecule has 0 saturated carbocycles. The van der Waals surface area contributed by atoms with Crippen LogP contribution in [-0.4, -0.2) is 64.9 Å². The average Bonchev–Trinajstić information content (AvgIpc) is 2.96. The molecule has 2 N–H and O–H groups in total. The molecule has 0 fully saturated rings. The van der Waals surface area contributed by atoms with E-state index in [2.05, 4.69) is 15.6 Å². The summed E-state index contributed by atoms with van der Waals surface area (Å²) in [6.07, 6.45) is 2.55. The Morgan fingerprint density at radius 3 is 2.36 bits per heavy atom. The maximum absolute atomic E-state index is 12.1. The smallest absolute Gasteiger partial charge is 0.309 e. The van der Waals surface area contributed by atoms with Gasteiger partial charge < -0.3 is 19.9 Å². The molecular weight excluding hydrogens is 364 g/mol. The maximum Gasteiger partial charge on any atom is 0.309 e. The Morgan fingerprint density at radius 1 is 1.14 bits per heavy atom. The van der Waals surface area contributed by atoms with Gasteiger partial charge in [-0.2, -0.15) is 0 Å². The number of carboxylic acids is 1. The summed E-state index contributed by atoms with van der Waals surface area (Å²) in [6, 6.07) is 0. The number of carbonyl (C=O) groups is 2. The first-order valence-electron chi connectivity index (χ1n) is 9.54. The van der Waals surface area contributed by atoms with Gasteiger partial charge in [0.05, 0.1) is 44.1 Å². The van der Waals surface area contributed by atoms with Crippen LogP contribution in [0, 0.1) is 17.8 Å². The van der Waals surface area contributed by atoms with Crippen molar-refractivity contribution in [2.75, 3.05) is 33.0 Å². The standard InChI is InChI=1S/C19H34N4O5/c1-15-13-23(22-21-15)7-9-28-11-10-27-8-6-20-16(24)12-18(2,3)14-19(4,5)17(25)26/h13H,6-12,14H2,1-5H3,(H,20,24)(H,25,26). The lowest BCUT2D eigenvalue weighted by molar-refractivity contribution is -0.149. The second-order valence-corrected chi connectivity index (χ2v) is 8.40. The Labute approximate surface area is 166 Å². The Hall–Kier alpha value is -2.00. The highest BCUT2D eigenvalue weighted by molar-refractivity contribution is 5.77. The summed E-state index contributed by atoms with van der Waals surface area (Å²) < 4.78 is 12.6. The summed E-state index contributed by atoms with van der Waals surface area (Å²) in [5, 5.41) is 19.9. The van der Waals surface area contributed by atoms with E-state index in [1.807, 2.05) is 27.0 Å². The number of rotatable bonds is 14. The van der Waals surface area contributed by atoms with Gasteiger partial charge in [-0.15, -0.1) is 5.10 Å². The molecule has 0 radical (unpaired) electrons. The number of aromatic nitrogens is 3. The van der Waals surface area contributed by atoms with Gasteiger partial charge in [-0.25, -0.2) is 4.68 Å². The lowest BCUT2D eigenvalue weighted by Gasteiger charge is -2.31. The topological polar surface area (TPSA) is 116 Å². The SMILES string of the molecule is Cc1cn(CCOCCOCCNC(=O)CC(C)(C)CC(C)(C)C(=O)O)nn1. The fourth-order valence-corrected chi connectivity index (χ4v) is 3.08. The molecular formula is C19H34N4O5. The Balaban J connectivity index is 2.06. The lowest BCUT2D eigenvalue weighted by Crippen LogP contribution is -2.35. The highest BCUT2D eigenvalue weighted by Crippen LogP contribution is 2.36. The van der Waals surface area contributed by atoms with E-state index < -0.39 is 16.8 Å². The van der Waals surface area contributed by atoms with E-state index in [0.29, 0.717) is 45.9 Å². The third kappa shape index (κ3) is 9.80. The number of aliphatic carboxylic acids is 1. The lowest BCUT2D eigenvalue weighted by atomic mass is 9.73. The highest BCUT2D eigenvalue weighted by atomic mass is 16.5. The van der Waals surface area contributed by atoms with E-state index in [0.717, 1.165) is 5.69 Å². The van der Waals surface area contributed by atoms with E-state index >= 15 is 0 Å². The largest absolute Gasteiger partial charge is 0.481 e. The third-order valence-corrected chi connectivity index (χ3v) is 4.20. The van der Waals surface area contributed by atoms with Crippen LogP contribution < -0.4 is 5.32 Å². The molecule has 28 heavy (non-hydrogen) atoms. The van der Waals surface area contributed by atoms with Gasteiger partial charge in [0, 0.05) is 19.2 Å². The van der Waals surface area contributed by atoms with E-state index in [4.69, 9.17) is 9.47 Å². The van der Waals surface area contributed by atoms with Crippen LogP contribution in [0.5, 0.6) is 0 Å². The normalized spacial score (nSPS) is 12.2. The van der Waals surface area contributed by atoms with Gasteiger partial charge in [0.1, 0.15) is 0 Å². The minimum Gasteiger partial charge on any atom is -0.481 e. The van der Waals surface area contributed by atoms with Crippen molar-refractivity contribution in [3.05, 3.63) is 11.9 Å². The second kappa shape index (κ2) is 11.1. The van der Waals surface area contributed by atoms with Crippen LogP contribution >= 0.6 is 0 Å². The molecule has 9 nitrogen and oxygen atoms in total. The number of aryl methyl sites for hydroxylation is 1. The van der Waals surface area contributed by atoms with Gasteiger partial charge >= 0.3 is 5.97 Å². The van der Waals surface area contributed by atoms with Crippen molar-refractivity contribution in [1.29, 1.82) is 0 Å². The van der Waals surface area contributed by atoms with Crippen LogP contribution in [0.3, 0.4) is 0 Å². The first-order chi connectivity index (χ1) is 13.0. The zero-order valence-corrected chi connectivity index (χ0v) is 17.7. The molecule has 0 saturated heterocycles. The number of nitrogens with zero attached hydrogens (tertiary/aromatic N) is 3. The van der Waals surface area contributed by atoms with Crippen molar-refractivity contribution < 1.29 is 24.2 Å². The summed E-state index contributed by atoms with van der Waals surface area (Å²) >= 11 is 0. The third-order valence-electron chi connectivity index (χ3n) is 4.20. The van der Waals surface area contributed by atoms with E-state index in [-0.39, 0.29) is 12.3 Å². The Bertz CT molecular complexity index is 628. The number of amides is 1. The molecule has 0 atom stereocenters. The quantitative estimate of drug-likeness (QED) is 0.458. The van der Waals surface area contributed by atoms with Crippen LogP contribution in [0.1, 0.15) is 46.2 Å². The van der Waals surface area contributed by atoms with E-state index in [1.165, 1.54) is 0 Å². The predicted octanol–water partition coefficient (Wildman–Crippen LogP) is 1.65. The van der Waals surface area contributed by atoms with E-state index in [1.54, 1.807) is 18.5 Å². The van der Waals surface area contributed by atoms with Crippen molar-refractivity contribution in [2.24, 2.45) is 10.8 Å². The molecule has 0 unspecified atom stereocenters. The first kappa shape index (κ1) is 24.0. The number of carboxylic acid groups (broad SMARTS) is 1. The number of carbonyl (C=O) groups excluding carboxylic acids is 1. The fraction of sp³-hybridized carbons (Fsp3) is 0.789. The van der Waals surface area contributed by atoms with E-state index in [9.17, 15) is 14.7 Å². The summed E-state index contributed by atoms with van der Waals surface area (Å²) in [5.74, 6) is -0.956. The fourth-order valence-electron chi connectivity index (χ4n) is 3.08. The van der Waals surface area contributed by atoms with Crippen molar-refractivity contribution in [3.8, 4) is 0 Å². The minimum atomic E-state index is -0.861. The summed E-state index contributed by atoms with van der Waals surface area (Å²) in [5.41, 5.74) is -0.387. The van der Waals surface area contributed by atoms with Crippen LogP contribution in [0.4, 0.5) is 0 Å². The molecule has 160 valence electrons. The second-order valence-electron chi connectivity index (χ2n) is 8.40. The Kier molecular flexibility index (Phi) is 9.54. The van der Waals surface area contributed by atoms with Crippen molar-refractivity contribution >= 4 is 11.9 Å². The highest BCUT2D eigenvalue weighted by Gasteiger charge is 2.35. The number of nitrogens with one attached hydrogen (secondary N) is 1. The number of ether oxygens (including phenoxy) is 2. The van der Waals surface area contributed by atoms with Gasteiger partial charge in [0.2, 0.25) is 5.91 Å². The van der Waals surface area contributed by atoms with Gasteiger partial charge in [-0.05, 0) is 32.6 Å². The minimum absolute atomic E-state index is 0.103. The molecule has 9 heteroatoms. The zero-order chi connectivity index (χ0) is 21.2. The molecule has 0 aromatic carbocycles. The molecule has 0 aliphatic rings. The predicted molar refractivity (Wildman–Crippen MR) is 104 cm³/mol. The first-order valence-corrected chi connectivity index (χ1v) is 9.54. The molecule has 1 aromatic heterocycles. The molecule has 1 amide bonds. The van der Waals surface area contributed by atoms with Gasteiger partial charge in [0.25, 0.3) is 0 Å². The summed E-state index contributed by atoms with van der Waals surface area (Å²) in [7, 11) is 0. The summed E-state index contributed by atoms with van der Waals surface area (Å²) in [6.45, 7) is 12.0. The Morgan fingerprint density at radius 2 is 1.79 bits per heavy atom. The number of hydrogen-bond acceptors (Lipinski definition) is 6. The van der Waals surface area contributed by atoms with Crippen molar-refractivity contribution in [2.45, 2.75) is 54.0 Å². The molecule has 1 aromatic rings. The monoisotopic (exact) mass is 398 g/mol. The van der Waals surface area contributed by atoms with Gasteiger partial charge in [-0.3, -0.25) is 9.59 Å². The average molecular weight is 399 g/mol. The van der Waals surface area contributed by atoms with Crippen LogP contribution in [0.15, 0.2) is 6.20 Å².